The lowest BCUT2D eigenvalue weighted by Gasteiger charge is -2.19. The van der Waals surface area contributed by atoms with Crippen molar-refractivity contribution in [3.05, 3.63) is 53.6 Å². The quantitative estimate of drug-likeness (QED) is 0.693. The van der Waals surface area contributed by atoms with Crippen LogP contribution in [0.5, 0.6) is 11.5 Å². The van der Waals surface area contributed by atoms with E-state index in [2.05, 4.69) is 36.6 Å². The molecule has 1 atom stereocenters. The molecule has 0 aliphatic carbocycles. The van der Waals surface area contributed by atoms with Gasteiger partial charge in [0.1, 0.15) is 0 Å². The van der Waals surface area contributed by atoms with Crippen LogP contribution in [0.2, 0.25) is 0 Å². The Hall–Kier alpha value is -2.27. The number of rotatable bonds is 7. The maximum Gasteiger partial charge on any atom is 0.171 e. The van der Waals surface area contributed by atoms with Crippen molar-refractivity contribution in [1.82, 2.24) is 5.32 Å². The van der Waals surface area contributed by atoms with Crippen molar-refractivity contribution in [3.63, 3.8) is 0 Å². The van der Waals surface area contributed by atoms with E-state index in [4.69, 9.17) is 21.7 Å². The normalized spacial score (nSPS) is 11.5. The second kappa shape index (κ2) is 9.28. The van der Waals surface area contributed by atoms with E-state index in [1.807, 2.05) is 44.2 Å². The summed E-state index contributed by atoms with van der Waals surface area (Å²) in [6, 6.07) is 14.1. The van der Waals surface area contributed by atoms with Gasteiger partial charge in [0.25, 0.3) is 0 Å². The monoisotopic (exact) mass is 358 g/mol. The third-order valence-corrected chi connectivity index (χ3v) is 3.91. The third kappa shape index (κ3) is 5.64. The first kappa shape index (κ1) is 19.1. The SMILES string of the molecule is CCOc1ccc([C@H](C)NC(=S)Nc2cccc(C)c2)cc1OCC. The molecule has 5 heteroatoms. The molecule has 0 aliphatic rings. The lowest BCUT2D eigenvalue weighted by molar-refractivity contribution is 0.287. The zero-order valence-electron chi connectivity index (χ0n) is 15.3. The van der Waals surface area contributed by atoms with Gasteiger partial charge in [-0.15, -0.1) is 0 Å². The van der Waals surface area contributed by atoms with Crippen molar-refractivity contribution in [2.75, 3.05) is 18.5 Å². The Bertz CT molecular complexity index is 719. The molecule has 0 amide bonds. The van der Waals surface area contributed by atoms with Crippen molar-refractivity contribution in [2.45, 2.75) is 33.7 Å². The van der Waals surface area contributed by atoms with Crippen LogP contribution in [-0.2, 0) is 0 Å². The zero-order valence-corrected chi connectivity index (χ0v) is 16.1. The first-order valence-electron chi connectivity index (χ1n) is 8.57. The van der Waals surface area contributed by atoms with Gasteiger partial charge in [-0.25, -0.2) is 0 Å². The first-order valence-corrected chi connectivity index (χ1v) is 8.98. The zero-order chi connectivity index (χ0) is 18.2. The second-order valence-electron chi connectivity index (χ2n) is 5.76. The fourth-order valence-corrected chi connectivity index (χ4v) is 2.80. The van der Waals surface area contributed by atoms with Gasteiger partial charge >= 0.3 is 0 Å². The Kier molecular flexibility index (Phi) is 7.07. The largest absolute Gasteiger partial charge is 0.490 e. The van der Waals surface area contributed by atoms with Crippen LogP contribution in [0, 0.1) is 6.92 Å². The standard InChI is InChI=1S/C20H26N2O2S/c1-5-23-18-11-10-16(13-19(18)24-6-2)15(4)21-20(25)22-17-9-7-8-14(3)12-17/h7-13,15H,5-6H2,1-4H3,(H2,21,22,25)/t15-/m0/s1. The number of aryl methyl sites for hydroxylation is 1. The van der Waals surface area contributed by atoms with E-state index in [1.165, 1.54) is 5.56 Å². The van der Waals surface area contributed by atoms with Crippen LogP contribution < -0.4 is 20.1 Å². The molecule has 0 saturated heterocycles. The summed E-state index contributed by atoms with van der Waals surface area (Å²) in [5.41, 5.74) is 3.25. The van der Waals surface area contributed by atoms with Crippen molar-refractivity contribution in [3.8, 4) is 11.5 Å². The minimum atomic E-state index is 0.0414. The molecule has 134 valence electrons. The molecule has 2 rings (SSSR count). The average molecular weight is 359 g/mol. The number of hydrogen-bond donors (Lipinski definition) is 2. The smallest absolute Gasteiger partial charge is 0.171 e. The summed E-state index contributed by atoms with van der Waals surface area (Å²) >= 11 is 5.43. The van der Waals surface area contributed by atoms with Gasteiger partial charge in [-0.2, -0.15) is 0 Å². The summed E-state index contributed by atoms with van der Waals surface area (Å²) in [5, 5.41) is 7.12. The van der Waals surface area contributed by atoms with Crippen LogP contribution in [-0.4, -0.2) is 18.3 Å². The van der Waals surface area contributed by atoms with Crippen LogP contribution >= 0.6 is 12.2 Å². The van der Waals surface area contributed by atoms with Crippen molar-refractivity contribution < 1.29 is 9.47 Å². The molecule has 0 unspecified atom stereocenters. The van der Waals surface area contributed by atoms with E-state index in [1.54, 1.807) is 0 Å². The number of nitrogens with one attached hydrogen (secondary N) is 2. The highest BCUT2D eigenvalue weighted by Gasteiger charge is 2.12. The summed E-state index contributed by atoms with van der Waals surface area (Å²) in [5.74, 6) is 1.52. The highest BCUT2D eigenvalue weighted by atomic mass is 32.1. The molecule has 0 radical (unpaired) electrons. The molecule has 2 N–H and O–H groups in total. The molecule has 0 aliphatic heterocycles. The number of ether oxygens (including phenoxy) is 2. The Morgan fingerprint density at radius 3 is 2.44 bits per heavy atom. The summed E-state index contributed by atoms with van der Waals surface area (Å²) in [6.07, 6.45) is 0. The van der Waals surface area contributed by atoms with E-state index < -0.39 is 0 Å². The highest BCUT2D eigenvalue weighted by Crippen LogP contribution is 2.30. The number of anilines is 1. The maximum atomic E-state index is 5.69. The lowest BCUT2D eigenvalue weighted by Crippen LogP contribution is -2.30. The topological polar surface area (TPSA) is 42.5 Å². The molecule has 2 aromatic carbocycles. The van der Waals surface area contributed by atoms with Crippen LogP contribution in [0.4, 0.5) is 5.69 Å². The minimum Gasteiger partial charge on any atom is -0.490 e. The Morgan fingerprint density at radius 2 is 1.76 bits per heavy atom. The van der Waals surface area contributed by atoms with E-state index >= 15 is 0 Å². The number of hydrogen-bond acceptors (Lipinski definition) is 3. The molecule has 2 aromatic rings. The Morgan fingerprint density at radius 1 is 1.04 bits per heavy atom. The molecule has 0 fully saturated rings. The van der Waals surface area contributed by atoms with E-state index in [-0.39, 0.29) is 6.04 Å². The number of thiocarbonyl (C=S) groups is 1. The molecule has 0 bridgehead atoms. The third-order valence-electron chi connectivity index (χ3n) is 3.69. The molecule has 4 nitrogen and oxygen atoms in total. The van der Waals surface area contributed by atoms with Crippen LogP contribution in [0.25, 0.3) is 0 Å². The van der Waals surface area contributed by atoms with E-state index in [0.29, 0.717) is 18.3 Å². The fourth-order valence-electron chi connectivity index (χ4n) is 2.51. The Labute approximate surface area is 155 Å². The molecular weight excluding hydrogens is 332 g/mol. The number of benzene rings is 2. The van der Waals surface area contributed by atoms with Gasteiger partial charge in [-0.1, -0.05) is 18.2 Å². The minimum absolute atomic E-state index is 0.0414. The highest BCUT2D eigenvalue weighted by molar-refractivity contribution is 7.80. The summed E-state index contributed by atoms with van der Waals surface area (Å²) in [7, 11) is 0. The predicted octanol–water partition coefficient (Wildman–Crippen LogP) is 4.84. The van der Waals surface area contributed by atoms with Crippen molar-refractivity contribution in [1.29, 1.82) is 0 Å². The fraction of sp³-hybridized carbons (Fsp3) is 0.350. The lowest BCUT2D eigenvalue weighted by atomic mass is 10.1. The molecule has 0 spiro atoms. The van der Waals surface area contributed by atoms with Crippen LogP contribution in [0.15, 0.2) is 42.5 Å². The summed E-state index contributed by atoms with van der Waals surface area (Å²) in [4.78, 5) is 0. The van der Waals surface area contributed by atoms with Gasteiger partial charge in [0.2, 0.25) is 0 Å². The predicted molar refractivity (Wildman–Crippen MR) is 108 cm³/mol. The van der Waals surface area contributed by atoms with Crippen molar-refractivity contribution in [2.24, 2.45) is 0 Å². The van der Waals surface area contributed by atoms with Gasteiger partial charge in [-0.05, 0) is 75.3 Å². The van der Waals surface area contributed by atoms with E-state index in [9.17, 15) is 0 Å². The molecule has 0 saturated carbocycles. The van der Waals surface area contributed by atoms with Gasteiger partial charge in [0.05, 0.1) is 19.3 Å². The second-order valence-corrected chi connectivity index (χ2v) is 6.17. The van der Waals surface area contributed by atoms with Gasteiger partial charge < -0.3 is 20.1 Å². The molecule has 0 aromatic heterocycles. The average Bonchev–Trinajstić information content (AvgIpc) is 2.56. The molecule has 25 heavy (non-hydrogen) atoms. The van der Waals surface area contributed by atoms with Crippen LogP contribution in [0.3, 0.4) is 0 Å². The maximum absolute atomic E-state index is 5.69. The summed E-state index contributed by atoms with van der Waals surface area (Å²) in [6.45, 7) is 9.25. The Balaban J connectivity index is 2.05. The van der Waals surface area contributed by atoms with Crippen LogP contribution in [0.1, 0.15) is 37.9 Å². The first-order chi connectivity index (χ1) is 12.0. The van der Waals surface area contributed by atoms with Gasteiger partial charge in [0, 0.05) is 5.69 Å². The summed E-state index contributed by atoms with van der Waals surface area (Å²) < 4.78 is 11.3. The van der Waals surface area contributed by atoms with Crippen molar-refractivity contribution >= 4 is 23.0 Å². The molecular formula is C20H26N2O2S. The van der Waals surface area contributed by atoms with Gasteiger partial charge in [0.15, 0.2) is 16.6 Å². The molecule has 0 heterocycles. The van der Waals surface area contributed by atoms with E-state index in [0.717, 1.165) is 22.7 Å². The van der Waals surface area contributed by atoms with Gasteiger partial charge in [-0.3, -0.25) is 0 Å².